The maximum atomic E-state index is 13.4. The standard InChI is InChI=1S/C29H27BrN2O5/c1-5-36-25-14-21(24(30)15-26(25)37-16-20-8-6-7-17(2)10-20)13-23-27(33)31-29(35)32(28(23)34)22-11-18(3)9-19(4)12-22/h6-15H,5,16H2,1-4H3,(H,31,33,35)/b23-13+. The SMILES string of the molecule is CCOc1cc(/C=C2\C(=O)NC(=O)N(c3cc(C)cc(C)c3)C2=O)c(Br)cc1OCc1cccc(C)c1. The van der Waals surface area contributed by atoms with Crippen LogP contribution in [-0.4, -0.2) is 24.5 Å². The number of anilines is 1. The van der Waals surface area contributed by atoms with E-state index in [9.17, 15) is 14.4 Å². The van der Waals surface area contributed by atoms with E-state index < -0.39 is 17.8 Å². The molecule has 1 aliphatic rings. The van der Waals surface area contributed by atoms with Crippen LogP contribution in [0.1, 0.15) is 34.7 Å². The zero-order valence-corrected chi connectivity index (χ0v) is 22.6. The molecule has 0 spiro atoms. The van der Waals surface area contributed by atoms with Gasteiger partial charge < -0.3 is 9.47 Å². The summed E-state index contributed by atoms with van der Waals surface area (Å²) in [7, 11) is 0. The monoisotopic (exact) mass is 562 g/mol. The number of nitrogens with one attached hydrogen (secondary N) is 1. The summed E-state index contributed by atoms with van der Waals surface area (Å²) in [4.78, 5) is 39.6. The molecule has 0 unspecified atom stereocenters. The third-order valence-corrected chi connectivity index (χ3v) is 6.39. The second-order valence-corrected chi connectivity index (χ2v) is 9.69. The molecule has 1 aliphatic heterocycles. The van der Waals surface area contributed by atoms with Gasteiger partial charge in [0, 0.05) is 4.47 Å². The summed E-state index contributed by atoms with van der Waals surface area (Å²) >= 11 is 3.52. The van der Waals surface area contributed by atoms with Gasteiger partial charge in [-0.3, -0.25) is 14.9 Å². The van der Waals surface area contributed by atoms with E-state index in [1.807, 2.05) is 58.0 Å². The molecule has 7 nitrogen and oxygen atoms in total. The quantitative estimate of drug-likeness (QED) is 0.281. The molecule has 0 aromatic heterocycles. The first-order chi connectivity index (χ1) is 17.7. The van der Waals surface area contributed by atoms with Gasteiger partial charge in [0.1, 0.15) is 12.2 Å². The summed E-state index contributed by atoms with van der Waals surface area (Å²) in [6.45, 7) is 8.37. The van der Waals surface area contributed by atoms with E-state index in [0.717, 1.165) is 27.2 Å². The third-order valence-electron chi connectivity index (χ3n) is 5.71. The van der Waals surface area contributed by atoms with Gasteiger partial charge in [-0.05, 0) is 80.3 Å². The molecule has 0 atom stereocenters. The highest BCUT2D eigenvalue weighted by Gasteiger charge is 2.37. The Hall–Kier alpha value is -3.91. The van der Waals surface area contributed by atoms with E-state index in [0.29, 0.717) is 40.4 Å². The van der Waals surface area contributed by atoms with Gasteiger partial charge in [-0.2, -0.15) is 0 Å². The smallest absolute Gasteiger partial charge is 0.335 e. The van der Waals surface area contributed by atoms with Crippen molar-refractivity contribution in [2.24, 2.45) is 0 Å². The van der Waals surface area contributed by atoms with Crippen LogP contribution in [0.15, 0.2) is 64.6 Å². The molecule has 0 radical (unpaired) electrons. The number of aryl methyl sites for hydroxylation is 3. The highest BCUT2D eigenvalue weighted by atomic mass is 79.9. The second-order valence-electron chi connectivity index (χ2n) is 8.83. The van der Waals surface area contributed by atoms with Gasteiger partial charge in [0.05, 0.1) is 12.3 Å². The fourth-order valence-electron chi connectivity index (χ4n) is 4.13. The van der Waals surface area contributed by atoms with Crippen molar-refractivity contribution in [1.29, 1.82) is 0 Å². The predicted molar refractivity (Wildman–Crippen MR) is 146 cm³/mol. The Balaban J connectivity index is 1.68. The van der Waals surface area contributed by atoms with Crippen molar-refractivity contribution in [1.82, 2.24) is 5.32 Å². The van der Waals surface area contributed by atoms with Crippen molar-refractivity contribution >= 4 is 45.5 Å². The normalized spacial score (nSPS) is 14.7. The Bertz CT molecular complexity index is 1410. The minimum Gasteiger partial charge on any atom is -0.490 e. The van der Waals surface area contributed by atoms with Crippen molar-refractivity contribution < 1.29 is 23.9 Å². The van der Waals surface area contributed by atoms with Crippen molar-refractivity contribution in [2.45, 2.75) is 34.3 Å². The van der Waals surface area contributed by atoms with E-state index in [2.05, 4.69) is 21.2 Å². The van der Waals surface area contributed by atoms with Gasteiger partial charge in [-0.15, -0.1) is 0 Å². The van der Waals surface area contributed by atoms with Gasteiger partial charge >= 0.3 is 6.03 Å². The summed E-state index contributed by atoms with van der Waals surface area (Å²) in [5.74, 6) is -0.483. The number of carbonyl (C=O) groups excluding carboxylic acids is 3. The third kappa shape index (κ3) is 5.91. The Morgan fingerprint density at radius 2 is 1.59 bits per heavy atom. The van der Waals surface area contributed by atoms with Crippen LogP contribution in [0, 0.1) is 20.8 Å². The summed E-state index contributed by atoms with van der Waals surface area (Å²) < 4.78 is 12.4. The van der Waals surface area contributed by atoms with Crippen LogP contribution in [0.2, 0.25) is 0 Å². The van der Waals surface area contributed by atoms with E-state index >= 15 is 0 Å². The fraction of sp³-hybridized carbons (Fsp3) is 0.207. The first kappa shape index (κ1) is 26.2. The van der Waals surface area contributed by atoms with Gasteiger partial charge in [0.25, 0.3) is 11.8 Å². The zero-order chi connectivity index (χ0) is 26.7. The number of ether oxygens (including phenoxy) is 2. The van der Waals surface area contributed by atoms with Gasteiger partial charge in [-0.25, -0.2) is 9.69 Å². The fourth-order valence-corrected chi connectivity index (χ4v) is 4.57. The lowest BCUT2D eigenvalue weighted by atomic mass is 10.0. The molecule has 0 saturated carbocycles. The van der Waals surface area contributed by atoms with E-state index in [1.54, 1.807) is 24.3 Å². The van der Waals surface area contributed by atoms with Crippen molar-refractivity contribution in [3.8, 4) is 11.5 Å². The van der Waals surface area contributed by atoms with Crippen molar-refractivity contribution in [2.75, 3.05) is 11.5 Å². The summed E-state index contributed by atoms with van der Waals surface area (Å²) in [5, 5.41) is 2.27. The number of benzene rings is 3. The molecule has 1 fully saturated rings. The first-order valence-corrected chi connectivity index (χ1v) is 12.6. The molecule has 1 heterocycles. The number of rotatable bonds is 7. The van der Waals surface area contributed by atoms with Gasteiger partial charge in [0.15, 0.2) is 11.5 Å². The number of halogens is 1. The lowest BCUT2D eigenvalue weighted by Gasteiger charge is -2.27. The number of hydrogen-bond donors (Lipinski definition) is 1. The van der Waals surface area contributed by atoms with Crippen molar-refractivity contribution in [3.05, 3.63) is 92.5 Å². The van der Waals surface area contributed by atoms with Crippen LogP contribution in [0.25, 0.3) is 6.08 Å². The minimum atomic E-state index is -0.786. The molecule has 8 heteroatoms. The van der Waals surface area contributed by atoms with Crippen LogP contribution in [0.5, 0.6) is 11.5 Å². The van der Waals surface area contributed by atoms with E-state index in [1.165, 1.54) is 6.08 Å². The number of amides is 4. The Morgan fingerprint density at radius 1 is 0.892 bits per heavy atom. The largest absolute Gasteiger partial charge is 0.490 e. The van der Waals surface area contributed by atoms with Crippen LogP contribution >= 0.6 is 15.9 Å². The van der Waals surface area contributed by atoms with E-state index in [4.69, 9.17) is 9.47 Å². The number of carbonyl (C=O) groups is 3. The molecule has 4 amide bonds. The van der Waals surface area contributed by atoms with Gasteiger partial charge in [-0.1, -0.05) is 51.8 Å². The average Bonchev–Trinajstić information content (AvgIpc) is 2.82. The Morgan fingerprint density at radius 3 is 2.27 bits per heavy atom. The highest BCUT2D eigenvalue weighted by molar-refractivity contribution is 9.10. The number of barbiturate groups is 1. The molecule has 1 saturated heterocycles. The lowest BCUT2D eigenvalue weighted by Crippen LogP contribution is -2.54. The Kier molecular flexibility index (Phi) is 7.78. The molecule has 1 N–H and O–H groups in total. The summed E-state index contributed by atoms with van der Waals surface area (Å²) in [6, 6.07) is 16.1. The zero-order valence-electron chi connectivity index (χ0n) is 21.1. The van der Waals surface area contributed by atoms with Gasteiger partial charge in [0.2, 0.25) is 0 Å². The molecule has 0 aliphatic carbocycles. The maximum Gasteiger partial charge on any atom is 0.335 e. The number of imide groups is 2. The molecule has 3 aromatic rings. The van der Waals surface area contributed by atoms with Crippen LogP contribution in [0.3, 0.4) is 0 Å². The molecular weight excluding hydrogens is 536 g/mol. The van der Waals surface area contributed by atoms with Crippen LogP contribution in [-0.2, 0) is 16.2 Å². The topological polar surface area (TPSA) is 84.9 Å². The molecular formula is C29H27BrN2O5. The maximum absolute atomic E-state index is 13.4. The molecule has 190 valence electrons. The first-order valence-electron chi connectivity index (χ1n) is 11.8. The predicted octanol–water partition coefficient (Wildman–Crippen LogP) is 6.02. The van der Waals surface area contributed by atoms with Crippen LogP contribution < -0.4 is 19.7 Å². The summed E-state index contributed by atoms with van der Waals surface area (Å²) in [6.07, 6.45) is 1.44. The molecule has 37 heavy (non-hydrogen) atoms. The number of hydrogen-bond acceptors (Lipinski definition) is 5. The van der Waals surface area contributed by atoms with Crippen LogP contribution in [0.4, 0.5) is 10.5 Å². The second kappa shape index (κ2) is 11.0. The number of nitrogens with zero attached hydrogens (tertiary/aromatic N) is 1. The lowest BCUT2D eigenvalue weighted by molar-refractivity contribution is -0.122. The summed E-state index contributed by atoms with van der Waals surface area (Å²) in [5.41, 5.74) is 4.69. The van der Waals surface area contributed by atoms with E-state index in [-0.39, 0.29) is 5.57 Å². The molecule has 3 aromatic carbocycles. The highest BCUT2D eigenvalue weighted by Crippen LogP contribution is 2.36. The molecule has 4 rings (SSSR count). The van der Waals surface area contributed by atoms with Crippen molar-refractivity contribution in [3.63, 3.8) is 0 Å². The molecule has 0 bridgehead atoms. The Labute approximate surface area is 224 Å². The number of urea groups is 1. The minimum absolute atomic E-state index is 0.171. The average molecular weight is 563 g/mol.